The molecule has 0 aliphatic rings. The van der Waals surface area contributed by atoms with Gasteiger partial charge in [-0.2, -0.15) is 0 Å². The Morgan fingerprint density at radius 2 is 1.83 bits per heavy atom. The standard InChI is InChI=1S/C18H14ClNO4/c1-11(18(22)20-14-6-4-13(19)5-7-14)23-15-8-2-12-3-9-17(21)24-16(12)10-15/h2-11H,1H3,(H,20,22). The lowest BCUT2D eigenvalue weighted by atomic mass is 10.2. The summed E-state index contributed by atoms with van der Waals surface area (Å²) in [4.78, 5) is 23.4. The van der Waals surface area contributed by atoms with E-state index in [0.717, 1.165) is 5.39 Å². The van der Waals surface area contributed by atoms with Crippen LogP contribution in [-0.4, -0.2) is 12.0 Å². The van der Waals surface area contributed by atoms with Crippen molar-refractivity contribution in [2.75, 3.05) is 5.32 Å². The second kappa shape index (κ2) is 6.76. The lowest BCUT2D eigenvalue weighted by Gasteiger charge is -2.15. The molecule has 0 bridgehead atoms. The molecule has 3 aromatic rings. The first-order chi connectivity index (χ1) is 11.5. The van der Waals surface area contributed by atoms with Crippen molar-refractivity contribution in [2.45, 2.75) is 13.0 Å². The topological polar surface area (TPSA) is 68.5 Å². The molecule has 1 unspecified atom stereocenters. The van der Waals surface area contributed by atoms with Crippen LogP contribution < -0.4 is 15.7 Å². The number of ether oxygens (including phenoxy) is 1. The fourth-order valence-electron chi connectivity index (χ4n) is 2.15. The molecule has 0 aliphatic heterocycles. The molecule has 0 aliphatic carbocycles. The van der Waals surface area contributed by atoms with Crippen molar-refractivity contribution < 1.29 is 13.9 Å². The summed E-state index contributed by atoms with van der Waals surface area (Å²) in [6, 6.07) is 14.9. The van der Waals surface area contributed by atoms with Crippen LogP contribution in [0.2, 0.25) is 5.02 Å². The molecular formula is C18H14ClNO4. The molecule has 1 atom stereocenters. The molecule has 6 heteroatoms. The Morgan fingerprint density at radius 1 is 1.12 bits per heavy atom. The van der Waals surface area contributed by atoms with E-state index in [1.165, 1.54) is 6.07 Å². The van der Waals surface area contributed by atoms with E-state index in [0.29, 0.717) is 22.0 Å². The van der Waals surface area contributed by atoms with Crippen LogP contribution in [0.25, 0.3) is 11.0 Å². The van der Waals surface area contributed by atoms with Crippen molar-refractivity contribution >= 4 is 34.2 Å². The molecule has 1 N–H and O–H groups in total. The highest BCUT2D eigenvalue weighted by Crippen LogP contribution is 2.21. The third-order valence-electron chi connectivity index (χ3n) is 3.39. The fraction of sp³-hybridized carbons (Fsp3) is 0.111. The van der Waals surface area contributed by atoms with Gasteiger partial charge >= 0.3 is 5.63 Å². The van der Waals surface area contributed by atoms with Crippen molar-refractivity contribution in [1.82, 2.24) is 0 Å². The summed E-state index contributed by atoms with van der Waals surface area (Å²) in [5.41, 5.74) is 0.600. The molecule has 122 valence electrons. The van der Waals surface area contributed by atoms with Crippen LogP contribution in [0.5, 0.6) is 5.75 Å². The van der Waals surface area contributed by atoms with Gasteiger partial charge in [0.15, 0.2) is 6.10 Å². The number of hydrogen-bond acceptors (Lipinski definition) is 4. The van der Waals surface area contributed by atoms with Gasteiger partial charge in [-0.1, -0.05) is 11.6 Å². The molecule has 3 rings (SSSR count). The summed E-state index contributed by atoms with van der Waals surface area (Å²) in [5, 5.41) is 4.11. The smallest absolute Gasteiger partial charge is 0.336 e. The van der Waals surface area contributed by atoms with Crippen LogP contribution in [0.15, 0.2) is 63.8 Å². The zero-order valence-electron chi connectivity index (χ0n) is 12.8. The summed E-state index contributed by atoms with van der Waals surface area (Å²) in [6.07, 6.45) is -0.728. The van der Waals surface area contributed by atoms with E-state index in [1.807, 2.05) is 0 Å². The summed E-state index contributed by atoms with van der Waals surface area (Å²) in [5.74, 6) is 0.141. The Balaban J connectivity index is 1.71. The third kappa shape index (κ3) is 3.75. The Morgan fingerprint density at radius 3 is 2.58 bits per heavy atom. The predicted molar refractivity (Wildman–Crippen MR) is 92.7 cm³/mol. The van der Waals surface area contributed by atoms with Gasteiger partial charge in [0.2, 0.25) is 0 Å². The van der Waals surface area contributed by atoms with Crippen LogP contribution in [-0.2, 0) is 4.79 Å². The number of nitrogens with one attached hydrogen (secondary N) is 1. The van der Waals surface area contributed by atoms with E-state index in [2.05, 4.69) is 5.32 Å². The summed E-state index contributed by atoms with van der Waals surface area (Å²) < 4.78 is 10.7. The molecule has 24 heavy (non-hydrogen) atoms. The number of benzene rings is 2. The van der Waals surface area contributed by atoms with Gasteiger partial charge in [0.25, 0.3) is 5.91 Å². The quantitative estimate of drug-likeness (QED) is 0.730. The summed E-state index contributed by atoms with van der Waals surface area (Å²) in [6.45, 7) is 1.64. The van der Waals surface area contributed by atoms with Crippen LogP contribution in [0.3, 0.4) is 0 Å². The van der Waals surface area contributed by atoms with Gasteiger partial charge in [-0.25, -0.2) is 4.79 Å². The number of halogens is 1. The van der Waals surface area contributed by atoms with Gasteiger partial charge in [-0.3, -0.25) is 4.79 Å². The zero-order chi connectivity index (χ0) is 17.1. The first-order valence-corrected chi connectivity index (χ1v) is 7.66. The average Bonchev–Trinajstić information content (AvgIpc) is 2.56. The Bertz CT molecular complexity index is 934. The minimum absolute atomic E-state index is 0.299. The van der Waals surface area contributed by atoms with Crippen molar-refractivity contribution in [3.63, 3.8) is 0 Å². The van der Waals surface area contributed by atoms with E-state index < -0.39 is 11.7 Å². The van der Waals surface area contributed by atoms with Gasteiger partial charge in [-0.05, 0) is 49.4 Å². The molecular weight excluding hydrogens is 330 g/mol. The van der Waals surface area contributed by atoms with Gasteiger partial charge in [0, 0.05) is 28.2 Å². The molecule has 0 spiro atoms. The summed E-state index contributed by atoms with van der Waals surface area (Å²) >= 11 is 5.81. The third-order valence-corrected chi connectivity index (χ3v) is 3.64. The van der Waals surface area contributed by atoms with Crippen LogP contribution in [0.1, 0.15) is 6.92 Å². The second-order valence-corrected chi connectivity index (χ2v) is 5.65. The van der Waals surface area contributed by atoms with Crippen molar-refractivity contribution in [3.8, 4) is 5.75 Å². The number of hydrogen-bond donors (Lipinski definition) is 1. The highest BCUT2D eigenvalue weighted by Gasteiger charge is 2.15. The second-order valence-electron chi connectivity index (χ2n) is 5.21. The number of anilines is 1. The molecule has 0 radical (unpaired) electrons. The van der Waals surface area contributed by atoms with Crippen molar-refractivity contribution in [2.24, 2.45) is 0 Å². The zero-order valence-corrected chi connectivity index (χ0v) is 13.5. The Labute approximate surface area is 142 Å². The van der Waals surface area contributed by atoms with Gasteiger partial charge in [0.05, 0.1) is 0 Å². The van der Waals surface area contributed by atoms with E-state index in [9.17, 15) is 9.59 Å². The molecule has 0 fully saturated rings. The Hall–Kier alpha value is -2.79. The highest BCUT2D eigenvalue weighted by molar-refractivity contribution is 6.30. The average molecular weight is 344 g/mol. The molecule has 1 amide bonds. The first kappa shape index (κ1) is 16.1. The van der Waals surface area contributed by atoms with E-state index >= 15 is 0 Å². The van der Waals surface area contributed by atoms with Crippen LogP contribution in [0.4, 0.5) is 5.69 Å². The van der Waals surface area contributed by atoms with Gasteiger partial charge in [-0.15, -0.1) is 0 Å². The Kier molecular flexibility index (Phi) is 4.53. The number of amides is 1. The molecule has 0 saturated carbocycles. The lowest BCUT2D eigenvalue weighted by molar-refractivity contribution is -0.122. The van der Waals surface area contributed by atoms with Crippen molar-refractivity contribution in [1.29, 1.82) is 0 Å². The molecule has 1 heterocycles. The monoisotopic (exact) mass is 343 g/mol. The van der Waals surface area contributed by atoms with E-state index in [-0.39, 0.29) is 5.91 Å². The lowest BCUT2D eigenvalue weighted by Crippen LogP contribution is -2.30. The predicted octanol–water partition coefficient (Wildman–Crippen LogP) is 3.85. The maximum atomic E-state index is 12.2. The molecule has 2 aromatic carbocycles. The fourth-order valence-corrected chi connectivity index (χ4v) is 2.28. The molecule has 0 saturated heterocycles. The minimum Gasteiger partial charge on any atom is -0.481 e. The van der Waals surface area contributed by atoms with Crippen molar-refractivity contribution in [3.05, 3.63) is 70.0 Å². The highest BCUT2D eigenvalue weighted by atomic mass is 35.5. The maximum Gasteiger partial charge on any atom is 0.336 e. The van der Waals surface area contributed by atoms with E-state index in [1.54, 1.807) is 55.5 Å². The maximum absolute atomic E-state index is 12.2. The summed E-state index contributed by atoms with van der Waals surface area (Å²) in [7, 11) is 0. The molecule has 1 aromatic heterocycles. The normalized spacial score (nSPS) is 11.9. The van der Waals surface area contributed by atoms with Gasteiger partial charge in [0.1, 0.15) is 11.3 Å². The number of fused-ring (bicyclic) bond motifs is 1. The minimum atomic E-state index is -0.728. The first-order valence-electron chi connectivity index (χ1n) is 7.28. The van der Waals surface area contributed by atoms with Crippen LogP contribution in [0, 0.1) is 0 Å². The van der Waals surface area contributed by atoms with Gasteiger partial charge < -0.3 is 14.5 Å². The van der Waals surface area contributed by atoms with Crippen LogP contribution >= 0.6 is 11.6 Å². The number of carbonyl (C=O) groups is 1. The largest absolute Gasteiger partial charge is 0.481 e. The SMILES string of the molecule is CC(Oc1ccc2ccc(=O)oc2c1)C(=O)Nc1ccc(Cl)cc1. The number of rotatable bonds is 4. The molecule has 5 nitrogen and oxygen atoms in total. The van der Waals surface area contributed by atoms with E-state index in [4.69, 9.17) is 20.8 Å². The number of carbonyl (C=O) groups excluding carboxylic acids is 1.